The molecule has 1 aromatic carbocycles. The largest absolute Gasteiger partial charge is 0.481 e. The Morgan fingerprint density at radius 1 is 1.33 bits per heavy atom. The van der Waals surface area contributed by atoms with Gasteiger partial charge in [-0.25, -0.2) is 4.79 Å². The van der Waals surface area contributed by atoms with Crippen molar-refractivity contribution in [2.24, 2.45) is 5.92 Å². The zero-order valence-corrected chi connectivity index (χ0v) is 12.2. The summed E-state index contributed by atoms with van der Waals surface area (Å²) in [7, 11) is 0. The first-order chi connectivity index (χ1) is 10.1. The summed E-state index contributed by atoms with van der Waals surface area (Å²) in [6.45, 7) is 0.887. The summed E-state index contributed by atoms with van der Waals surface area (Å²) in [6.07, 6.45) is 1.37. The highest BCUT2D eigenvalue weighted by Gasteiger charge is 2.28. The minimum absolute atomic E-state index is 0.226. The lowest BCUT2D eigenvalue weighted by atomic mass is 9.99. The Labute approximate surface area is 126 Å². The molecule has 0 unspecified atom stereocenters. The summed E-state index contributed by atoms with van der Waals surface area (Å²) in [5.74, 6) is -1.28. The topological polar surface area (TPSA) is 69.6 Å². The second-order valence-electron chi connectivity index (χ2n) is 5.23. The first-order valence-corrected chi connectivity index (χ1v) is 7.77. The lowest BCUT2D eigenvalue weighted by molar-refractivity contribution is -0.143. The van der Waals surface area contributed by atoms with Gasteiger partial charge in [0.15, 0.2) is 0 Å². The molecule has 2 heterocycles. The van der Waals surface area contributed by atoms with Gasteiger partial charge in [-0.1, -0.05) is 0 Å². The molecule has 21 heavy (non-hydrogen) atoms. The van der Waals surface area contributed by atoms with E-state index < -0.39 is 11.9 Å². The Morgan fingerprint density at radius 2 is 2.19 bits per heavy atom. The number of amides is 2. The molecule has 5 nitrogen and oxygen atoms in total. The number of rotatable bonds is 2. The van der Waals surface area contributed by atoms with Crippen LogP contribution in [0.1, 0.15) is 12.8 Å². The van der Waals surface area contributed by atoms with E-state index >= 15 is 0 Å². The number of benzene rings is 1. The number of urea groups is 1. The predicted octanol–water partition coefficient (Wildman–Crippen LogP) is 3.23. The molecule has 1 fully saturated rings. The van der Waals surface area contributed by atoms with Gasteiger partial charge in [-0.05, 0) is 47.9 Å². The summed E-state index contributed by atoms with van der Waals surface area (Å²) in [5, 5.41) is 15.0. The van der Waals surface area contributed by atoms with Gasteiger partial charge in [0.1, 0.15) is 0 Å². The van der Waals surface area contributed by atoms with Crippen molar-refractivity contribution in [2.75, 3.05) is 18.4 Å². The fourth-order valence-corrected chi connectivity index (χ4v) is 3.38. The molecule has 0 aliphatic carbocycles. The number of piperidine rings is 1. The SMILES string of the molecule is O=C(O)[C@@H]1CCCN(C(=O)Nc2ccc3sccc3c2)C1. The van der Waals surface area contributed by atoms with Gasteiger partial charge in [-0.3, -0.25) is 4.79 Å². The van der Waals surface area contributed by atoms with Gasteiger partial charge < -0.3 is 15.3 Å². The number of thiophene rings is 1. The monoisotopic (exact) mass is 304 g/mol. The number of carboxylic acid groups (broad SMARTS) is 1. The first kappa shape index (κ1) is 13.9. The Balaban J connectivity index is 1.69. The molecule has 0 saturated carbocycles. The van der Waals surface area contributed by atoms with Crippen LogP contribution in [0.3, 0.4) is 0 Å². The molecule has 0 radical (unpaired) electrons. The number of nitrogens with zero attached hydrogens (tertiary/aromatic N) is 1. The lowest BCUT2D eigenvalue weighted by Crippen LogP contribution is -2.44. The highest BCUT2D eigenvalue weighted by atomic mass is 32.1. The van der Waals surface area contributed by atoms with Crippen molar-refractivity contribution in [1.29, 1.82) is 0 Å². The van der Waals surface area contributed by atoms with E-state index in [1.807, 2.05) is 29.6 Å². The van der Waals surface area contributed by atoms with Gasteiger partial charge in [0, 0.05) is 23.5 Å². The average molecular weight is 304 g/mol. The van der Waals surface area contributed by atoms with Crippen LogP contribution >= 0.6 is 11.3 Å². The molecule has 0 bridgehead atoms. The molecule has 0 spiro atoms. The van der Waals surface area contributed by atoms with Crippen LogP contribution < -0.4 is 5.32 Å². The van der Waals surface area contributed by atoms with Gasteiger partial charge in [0.05, 0.1) is 5.92 Å². The van der Waals surface area contributed by atoms with Crippen LogP contribution in [0.4, 0.5) is 10.5 Å². The van der Waals surface area contributed by atoms with Crippen molar-refractivity contribution >= 4 is 39.1 Å². The summed E-state index contributed by atoms with van der Waals surface area (Å²) < 4.78 is 1.18. The number of carbonyl (C=O) groups is 2. The molecule has 2 amide bonds. The number of anilines is 1. The molecule has 1 saturated heterocycles. The molecular formula is C15H16N2O3S. The number of aliphatic carboxylic acids is 1. The lowest BCUT2D eigenvalue weighted by Gasteiger charge is -2.30. The summed E-state index contributed by atoms with van der Waals surface area (Å²) in [4.78, 5) is 24.9. The number of hydrogen-bond acceptors (Lipinski definition) is 3. The standard InChI is InChI=1S/C15H16N2O3S/c18-14(19)11-2-1-6-17(9-11)15(20)16-12-3-4-13-10(8-12)5-7-21-13/h3-5,7-8,11H,1-2,6,9H2,(H,16,20)(H,18,19)/t11-/m1/s1. The quantitative estimate of drug-likeness (QED) is 0.895. The van der Waals surface area contributed by atoms with Crippen LogP contribution in [0.25, 0.3) is 10.1 Å². The maximum atomic E-state index is 12.2. The Hall–Kier alpha value is -2.08. The highest BCUT2D eigenvalue weighted by molar-refractivity contribution is 7.17. The van der Waals surface area contributed by atoms with E-state index in [0.717, 1.165) is 17.5 Å². The second kappa shape index (κ2) is 5.73. The van der Waals surface area contributed by atoms with E-state index in [4.69, 9.17) is 5.11 Å². The molecule has 6 heteroatoms. The van der Waals surface area contributed by atoms with Gasteiger partial charge in [0.2, 0.25) is 0 Å². The molecule has 3 rings (SSSR count). The van der Waals surface area contributed by atoms with E-state index in [9.17, 15) is 9.59 Å². The highest BCUT2D eigenvalue weighted by Crippen LogP contribution is 2.24. The van der Waals surface area contributed by atoms with Crippen LogP contribution in [0.2, 0.25) is 0 Å². The molecule has 1 aliphatic heterocycles. The Morgan fingerprint density at radius 3 is 3.00 bits per heavy atom. The fraction of sp³-hybridized carbons (Fsp3) is 0.333. The molecule has 1 aromatic heterocycles. The van der Waals surface area contributed by atoms with Crippen molar-refractivity contribution in [2.45, 2.75) is 12.8 Å². The summed E-state index contributed by atoms with van der Waals surface area (Å²) in [6, 6.07) is 7.57. The number of carboxylic acids is 1. The zero-order valence-electron chi connectivity index (χ0n) is 11.4. The maximum absolute atomic E-state index is 12.2. The van der Waals surface area contributed by atoms with Crippen molar-refractivity contribution in [3.8, 4) is 0 Å². The van der Waals surface area contributed by atoms with E-state index in [0.29, 0.717) is 13.0 Å². The number of fused-ring (bicyclic) bond motifs is 1. The summed E-state index contributed by atoms with van der Waals surface area (Å²) in [5.41, 5.74) is 0.739. The third-order valence-electron chi connectivity index (χ3n) is 3.76. The molecule has 2 aromatic rings. The minimum Gasteiger partial charge on any atom is -0.481 e. The third-order valence-corrected chi connectivity index (χ3v) is 4.66. The molecule has 110 valence electrons. The minimum atomic E-state index is -0.827. The Kier molecular flexibility index (Phi) is 3.79. The van der Waals surface area contributed by atoms with E-state index in [1.165, 1.54) is 4.70 Å². The number of nitrogens with one attached hydrogen (secondary N) is 1. The molecule has 1 atom stereocenters. The number of hydrogen-bond donors (Lipinski definition) is 2. The van der Waals surface area contributed by atoms with Gasteiger partial charge in [-0.2, -0.15) is 0 Å². The van der Waals surface area contributed by atoms with Crippen molar-refractivity contribution in [3.05, 3.63) is 29.6 Å². The van der Waals surface area contributed by atoms with Crippen molar-refractivity contribution in [1.82, 2.24) is 4.90 Å². The second-order valence-corrected chi connectivity index (χ2v) is 6.17. The van der Waals surface area contributed by atoms with Crippen molar-refractivity contribution < 1.29 is 14.7 Å². The smallest absolute Gasteiger partial charge is 0.321 e. The maximum Gasteiger partial charge on any atom is 0.321 e. The number of likely N-dealkylation sites (tertiary alicyclic amines) is 1. The van der Waals surface area contributed by atoms with Crippen LogP contribution in [0.5, 0.6) is 0 Å². The molecular weight excluding hydrogens is 288 g/mol. The summed E-state index contributed by atoms with van der Waals surface area (Å²) >= 11 is 1.66. The van der Waals surface area contributed by atoms with E-state index in [-0.39, 0.29) is 12.6 Å². The van der Waals surface area contributed by atoms with Crippen LogP contribution in [0.15, 0.2) is 29.6 Å². The van der Waals surface area contributed by atoms with E-state index in [1.54, 1.807) is 16.2 Å². The first-order valence-electron chi connectivity index (χ1n) is 6.89. The van der Waals surface area contributed by atoms with Crippen LogP contribution in [-0.2, 0) is 4.79 Å². The zero-order chi connectivity index (χ0) is 14.8. The van der Waals surface area contributed by atoms with Gasteiger partial charge >= 0.3 is 12.0 Å². The third kappa shape index (κ3) is 3.00. The fourth-order valence-electron chi connectivity index (χ4n) is 2.61. The van der Waals surface area contributed by atoms with Crippen molar-refractivity contribution in [3.63, 3.8) is 0 Å². The van der Waals surface area contributed by atoms with E-state index in [2.05, 4.69) is 5.32 Å². The van der Waals surface area contributed by atoms with Crippen LogP contribution in [-0.4, -0.2) is 35.1 Å². The predicted molar refractivity (Wildman–Crippen MR) is 82.8 cm³/mol. The van der Waals surface area contributed by atoms with Gasteiger partial charge in [0.25, 0.3) is 0 Å². The average Bonchev–Trinajstić information content (AvgIpc) is 2.95. The Bertz CT molecular complexity index is 682. The van der Waals surface area contributed by atoms with Crippen LogP contribution in [0, 0.1) is 5.92 Å². The molecule has 2 N–H and O–H groups in total. The number of carbonyl (C=O) groups excluding carboxylic acids is 1. The molecule has 1 aliphatic rings. The van der Waals surface area contributed by atoms with Gasteiger partial charge in [-0.15, -0.1) is 11.3 Å². The normalized spacial score (nSPS) is 18.7.